The van der Waals surface area contributed by atoms with Gasteiger partial charge in [0.25, 0.3) is 0 Å². The minimum atomic E-state index is -4.75. The summed E-state index contributed by atoms with van der Waals surface area (Å²) in [5, 5.41) is 21.6. The monoisotopic (exact) mass is 765 g/mol. The quantitative estimate of drug-likeness (QED) is 0.0211. The normalized spacial score (nSPS) is 14.6. The number of unbranched alkanes of at least 4 members (excludes halogenated alkanes) is 9. The van der Waals surface area contributed by atoms with Crippen LogP contribution in [0.3, 0.4) is 0 Å². The molecule has 0 aliphatic carbocycles. The van der Waals surface area contributed by atoms with E-state index in [9.17, 15) is 34.1 Å². The average molecular weight is 766 g/mol. The van der Waals surface area contributed by atoms with Crippen molar-refractivity contribution in [3.8, 4) is 0 Å². The summed E-state index contributed by atoms with van der Waals surface area (Å²) >= 11 is 0. The van der Waals surface area contributed by atoms with Gasteiger partial charge in [-0.05, 0) is 64.2 Å². The zero-order valence-electron chi connectivity index (χ0n) is 32.3. The predicted octanol–water partition coefficient (Wildman–Crippen LogP) is 9.38. The molecule has 0 radical (unpaired) electrons. The molecule has 0 rings (SSSR count). The number of aliphatic hydroxyl groups is 1. The Morgan fingerprint density at radius 1 is 0.623 bits per heavy atom. The minimum absolute atomic E-state index is 0.138. The smallest absolute Gasteiger partial charge is 0.472 e. The molecule has 12 heteroatoms. The minimum Gasteiger partial charge on any atom is -0.480 e. The van der Waals surface area contributed by atoms with Crippen LogP contribution in [0.4, 0.5) is 0 Å². The number of hydrogen-bond acceptors (Lipinski definition) is 8. The van der Waals surface area contributed by atoms with Crippen molar-refractivity contribution in [3.63, 3.8) is 0 Å². The molecule has 53 heavy (non-hydrogen) atoms. The first kappa shape index (κ1) is 49.9. The molecule has 0 saturated heterocycles. The van der Waals surface area contributed by atoms with E-state index in [1.165, 1.54) is 0 Å². The van der Waals surface area contributed by atoms with Crippen LogP contribution >= 0.6 is 7.82 Å². The van der Waals surface area contributed by atoms with Crippen LogP contribution in [0.5, 0.6) is 0 Å². The van der Waals surface area contributed by atoms with Crippen LogP contribution in [-0.2, 0) is 32.7 Å². The zero-order valence-corrected chi connectivity index (χ0v) is 33.2. The lowest BCUT2D eigenvalue weighted by Crippen LogP contribution is -2.43. The van der Waals surface area contributed by atoms with Gasteiger partial charge in [-0.2, -0.15) is 0 Å². The van der Waals surface area contributed by atoms with E-state index < -0.39 is 57.6 Å². The predicted molar refractivity (Wildman–Crippen MR) is 212 cm³/mol. The Labute approximate surface area is 319 Å². The molecule has 0 fully saturated rings. The van der Waals surface area contributed by atoms with Crippen LogP contribution < -0.4 is 5.32 Å². The molecule has 11 nitrogen and oxygen atoms in total. The van der Waals surface area contributed by atoms with E-state index in [-0.39, 0.29) is 12.8 Å². The highest BCUT2D eigenvalue weighted by molar-refractivity contribution is 7.47. The molecule has 3 atom stereocenters. The first-order valence-corrected chi connectivity index (χ1v) is 21.0. The fraction of sp³-hybridized carbons (Fsp3) is 0.634. The molecular formula is C41H68NO10P. The van der Waals surface area contributed by atoms with E-state index in [1.54, 1.807) is 0 Å². The Kier molecular flexibility index (Phi) is 33.8. The summed E-state index contributed by atoms with van der Waals surface area (Å²) in [5.74, 6) is -2.42. The molecular weight excluding hydrogens is 697 g/mol. The van der Waals surface area contributed by atoms with E-state index in [2.05, 4.69) is 92.1 Å². The Hall–Kier alpha value is -3.08. The second-order valence-corrected chi connectivity index (χ2v) is 14.2. The zero-order chi connectivity index (χ0) is 39.3. The highest BCUT2D eigenvalue weighted by Crippen LogP contribution is 2.43. The van der Waals surface area contributed by atoms with Gasteiger partial charge in [0.2, 0.25) is 5.91 Å². The molecule has 1 amide bonds. The lowest BCUT2D eigenvalue weighted by molar-refractivity contribution is -0.147. The van der Waals surface area contributed by atoms with Crippen molar-refractivity contribution in [3.05, 3.63) is 72.9 Å². The van der Waals surface area contributed by atoms with E-state index in [0.717, 1.165) is 96.3 Å². The molecule has 4 N–H and O–H groups in total. The fourth-order valence-electron chi connectivity index (χ4n) is 4.73. The number of hydrogen-bond donors (Lipinski definition) is 4. The maximum Gasteiger partial charge on any atom is 0.472 e. The molecule has 0 bridgehead atoms. The number of phosphoric ester groups is 1. The van der Waals surface area contributed by atoms with Crippen molar-refractivity contribution in [2.24, 2.45) is 0 Å². The topological polar surface area (TPSA) is 169 Å². The third-order valence-electron chi connectivity index (χ3n) is 7.76. The van der Waals surface area contributed by atoms with Gasteiger partial charge in [-0.3, -0.25) is 18.6 Å². The van der Waals surface area contributed by atoms with Gasteiger partial charge in [-0.25, -0.2) is 9.36 Å². The van der Waals surface area contributed by atoms with Crippen molar-refractivity contribution in [2.75, 3.05) is 19.8 Å². The van der Waals surface area contributed by atoms with Crippen LogP contribution in [-0.4, -0.2) is 64.9 Å². The van der Waals surface area contributed by atoms with Crippen molar-refractivity contribution in [1.29, 1.82) is 0 Å². The first-order valence-electron chi connectivity index (χ1n) is 19.5. The van der Waals surface area contributed by atoms with Crippen molar-refractivity contribution < 1.29 is 47.8 Å². The molecule has 0 aliphatic heterocycles. The summed E-state index contributed by atoms with van der Waals surface area (Å²) in [6.07, 6.45) is 41.2. The van der Waals surface area contributed by atoms with Crippen molar-refractivity contribution >= 4 is 25.7 Å². The van der Waals surface area contributed by atoms with Crippen LogP contribution in [0, 0.1) is 0 Å². The third kappa shape index (κ3) is 35.7. The van der Waals surface area contributed by atoms with E-state index >= 15 is 0 Å². The fourth-order valence-corrected chi connectivity index (χ4v) is 5.50. The number of carboxylic acid groups (broad SMARTS) is 1. The molecule has 302 valence electrons. The highest BCUT2D eigenvalue weighted by atomic mass is 31.2. The molecule has 0 heterocycles. The van der Waals surface area contributed by atoms with Crippen LogP contribution in [0.15, 0.2) is 72.9 Å². The highest BCUT2D eigenvalue weighted by Gasteiger charge is 2.28. The molecule has 0 aromatic heterocycles. The van der Waals surface area contributed by atoms with Gasteiger partial charge >= 0.3 is 19.8 Å². The first-order chi connectivity index (χ1) is 25.6. The number of nitrogens with one attached hydrogen (secondary N) is 1. The van der Waals surface area contributed by atoms with Gasteiger partial charge < -0.3 is 25.2 Å². The van der Waals surface area contributed by atoms with Crippen molar-refractivity contribution in [2.45, 2.75) is 148 Å². The number of aliphatic carboxylic acids is 1. The number of rotatable bonds is 35. The lowest BCUT2D eigenvalue weighted by atomic mass is 10.1. The number of amides is 1. The average Bonchev–Trinajstić information content (AvgIpc) is 3.13. The Bertz CT molecular complexity index is 1180. The summed E-state index contributed by atoms with van der Waals surface area (Å²) in [4.78, 5) is 45.4. The van der Waals surface area contributed by atoms with Gasteiger partial charge in [0, 0.05) is 12.8 Å². The number of carbonyl (C=O) groups is 3. The number of ether oxygens (including phenoxy) is 1. The van der Waals surface area contributed by atoms with E-state index in [0.29, 0.717) is 12.8 Å². The maximum absolute atomic E-state index is 12.2. The van der Waals surface area contributed by atoms with E-state index in [4.69, 9.17) is 13.8 Å². The molecule has 0 aliphatic rings. The standard InChI is InChI=1S/C41H68NO10P/c1-3-5-7-9-11-12-13-14-15-16-17-18-19-20-21-22-23-24-25-26-27-29-31-33-40(45)50-34-37(43)35-51-53(48,49)52-36-38(41(46)47)42-39(44)32-30-28-10-8-6-4-2/h5,7,11-12,14-15,17-18,20-21,23-24,37-38,43H,3-4,6,8-10,13,16,19,22,25-36H2,1-2H3,(H,42,44)(H,46,47)(H,48,49)/b7-5-,12-11-,15-14-,18-17-,21-20-,24-23-. The molecule has 0 saturated carbocycles. The summed E-state index contributed by atoms with van der Waals surface area (Å²) in [6.45, 7) is 2.32. The van der Waals surface area contributed by atoms with Gasteiger partial charge in [0.05, 0.1) is 13.2 Å². The summed E-state index contributed by atoms with van der Waals surface area (Å²) in [7, 11) is -4.75. The van der Waals surface area contributed by atoms with Crippen LogP contribution in [0.25, 0.3) is 0 Å². The lowest BCUT2D eigenvalue weighted by Gasteiger charge is -2.18. The molecule has 0 aromatic rings. The molecule has 0 aromatic carbocycles. The number of aliphatic hydroxyl groups excluding tert-OH is 1. The van der Waals surface area contributed by atoms with Crippen LogP contribution in [0.2, 0.25) is 0 Å². The van der Waals surface area contributed by atoms with E-state index in [1.807, 2.05) is 0 Å². The van der Waals surface area contributed by atoms with Crippen molar-refractivity contribution in [1.82, 2.24) is 5.32 Å². The summed E-state index contributed by atoms with van der Waals surface area (Å²) in [5.41, 5.74) is 0. The second-order valence-electron chi connectivity index (χ2n) is 12.7. The Balaban J connectivity index is 3.92. The maximum atomic E-state index is 12.2. The number of esters is 1. The Morgan fingerprint density at radius 2 is 1.09 bits per heavy atom. The molecule has 0 spiro atoms. The number of carboxylic acids is 1. The third-order valence-corrected chi connectivity index (χ3v) is 8.71. The Morgan fingerprint density at radius 3 is 1.64 bits per heavy atom. The summed E-state index contributed by atoms with van der Waals surface area (Å²) < 4.78 is 26.6. The van der Waals surface area contributed by atoms with Gasteiger partial charge in [-0.1, -0.05) is 132 Å². The summed E-state index contributed by atoms with van der Waals surface area (Å²) in [6, 6.07) is -1.55. The van der Waals surface area contributed by atoms with Gasteiger partial charge in [0.15, 0.2) is 6.04 Å². The number of allylic oxidation sites excluding steroid dienone is 12. The largest absolute Gasteiger partial charge is 0.480 e. The molecule has 3 unspecified atom stereocenters. The number of carbonyl (C=O) groups excluding carboxylic acids is 2. The van der Waals surface area contributed by atoms with Crippen LogP contribution in [0.1, 0.15) is 136 Å². The second kappa shape index (κ2) is 35.9. The SMILES string of the molecule is CC/C=C\C/C=C\C/C=C\C/C=C\C/C=C\C/C=C\CCCCCCC(=O)OCC(O)COP(=O)(O)OCC(NC(=O)CCCCCCCC)C(=O)O. The van der Waals surface area contributed by atoms with Gasteiger partial charge in [-0.15, -0.1) is 0 Å². The number of phosphoric acid groups is 1. The van der Waals surface area contributed by atoms with Gasteiger partial charge in [0.1, 0.15) is 12.7 Å².